The summed E-state index contributed by atoms with van der Waals surface area (Å²) in [5.74, 6) is 0.887. The number of fused-ring (bicyclic) bond motifs is 2. The lowest BCUT2D eigenvalue weighted by Crippen LogP contribution is -2.14. The minimum Gasteiger partial charge on any atom is -0.354 e. The van der Waals surface area contributed by atoms with Crippen LogP contribution >= 0.6 is 0 Å². The number of pyridine rings is 1. The summed E-state index contributed by atoms with van der Waals surface area (Å²) in [6.45, 7) is 1.24. The minimum absolute atomic E-state index is 0.247. The normalized spacial score (nSPS) is 11.1. The second-order valence-corrected chi connectivity index (χ2v) is 5.83. The molecule has 4 rings (SSSR count). The average Bonchev–Trinajstić information content (AvgIpc) is 3.10. The van der Waals surface area contributed by atoms with E-state index in [-0.39, 0.29) is 5.56 Å². The summed E-state index contributed by atoms with van der Waals surface area (Å²) in [6, 6.07) is 7.49. The molecular formula is C17H18N8O. The molecule has 0 atom stereocenters. The Balaban J connectivity index is 1.76. The van der Waals surface area contributed by atoms with Crippen molar-refractivity contribution >= 4 is 39.3 Å². The Hall–Kier alpha value is -3.46. The Morgan fingerprint density at radius 2 is 2.12 bits per heavy atom. The Labute approximate surface area is 148 Å². The highest BCUT2D eigenvalue weighted by Gasteiger charge is 2.12. The van der Waals surface area contributed by atoms with Crippen LogP contribution in [0, 0.1) is 0 Å². The standard InChI is InChI=1S/C17H18N8O/c18-5-1-6-20-17-23-13-4-7-19-16(26)14(13)15(24-17)22-11-2-3-12-10(8-11)9-21-25-12/h2-4,7-9H,1,5-6,18H2,(H,19,26)(H,21,25)(H2,20,22,23,24). The van der Waals surface area contributed by atoms with E-state index in [0.717, 1.165) is 23.0 Å². The summed E-state index contributed by atoms with van der Waals surface area (Å²) in [4.78, 5) is 23.9. The van der Waals surface area contributed by atoms with Crippen LogP contribution in [0.1, 0.15) is 6.42 Å². The third kappa shape index (κ3) is 3.07. The van der Waals surface area contributed by atoms with Gasteiger partial charge in [-0.05, 0) is 37.2 Å². The zero-order valence-corrected chi connectivity index (χ0v) is 13.9. The first kappa shape index (κ1) is 16.0. The van der Waals surface area contributed by atoms with Crippen LogP contribution in [0.2, 0.25) is 0 Å². The van der Waals surface area contributed by atoms with E-state index in [1.807, 2.05) is 18.2 Å². The van der Waals surface area contributed by atoms with E-state index in [9.17, 15) is 4.79 Å². The van der Waals surface area contributed by atoms with E-state index in [2.05, 4.69) is 35.8 Å². The number of hydrogen-bond donors (Lipinski definition) is 5. The van der Waals surface area contributed by atoms with Crippen LogP contribution in [0.15, 0.2) is 41.5 Å². The SMILES string of the molecule is NCCCNc1nc(Nc2ccc3[nH]ncc3c2)c2c(=O)[nH]ccc2n1. The number of nitrogens with one attached hydrogen (secondary N) is 4. The van der Waals surface area contributed by atoms with Crippen molar-refractivity contribution in [2.45, 2.75) is 6.42 Å². The number of anilines is 3. The second-order valence-electron chi connectivity index (χ2n) is 5.83. The molecule has 0 bridgehead atoms. The van der Waals surface area contributed by atoms with Crippen molar-refractivity contribution < 1.29 is 0 Å². The van der Waals surface area contributed by atoms with Crippen LogP contribution in [0.25, 0.3) is 21.8 Å². The molecule has 9 heteroatoms. The Morgan fingerprint density at radius 3 is 3.00 bits per heavy atom. The van der Waals surface area contributed by atoms with Gasteiger partial charge in [-0.25, -0.2) is 4.98 Å². The summed E-state index contributed by atoms with van der Waals surface area (Å²) >= 11 is 0. The largest absolute Gasteiger partial charge is 0.354 e. The van der Waals surface area contributed by atoms with Gasteiger partial charge in [-0.1, -0.05) is 0 Å². The quantitative estimate of drug-likeness (QED) is 0.334. The lowest BCUT2D eigenvalue weighted by molar-refractivity contribution is 0.865. The molecule has 0 fully saturated rings. The first-order chi connectivity index (χ1) is 12.7. The van der Waals surface area contributed by atoms with Gasteiger partial charge >= 0.3 is 0 Å². The third-order valence-corrected chi connectivity index (χ3v) is 3.99. The molecule has 0 amide bonds. The van der Waals surface area contributed by atoms with Crippen molar-refractivity contribution in [1.82, 2.24) is 25.1 Å². The number of nitrogens with two attached hydrogens (primary N) is 1. The predicted octanol–water partition coefficient (Wildman–Crippen LogP) is 1.70. The van der Waals surface area contributed by atoms with E-state index in [1.54, 1.807) is 18.5 Å². The number of rotatable bonds is 6. The van der Waals surface area contributed by atoms with Crippen molar-refractivity contribution in [3.8, 4) is 0 Å². The fourth-order valence-corrected chi connectivity index (χ4v) is 2.72. The van der Waals surface area contributed by atoms with Gasteiger partial charge in [0.05, 0.1) is 17.2 Å². The third-order valence-electron chi connectivity index (χ3n) is 3.99. The van der Waals surface area contributed by atoms with E-state index in [1.165, 1.54) is 0 Å². The molecule has 0 aliphatic rings. The van der Waals surface area contributed by atoms with Crippen molar-refractivity contribution in [2.75, 3.05) is 23.7 Å². The smallest absolute Gasteiger partial charge is 0.261 e. The van der Waals surface area contributed by atoms with Crippen LogP contribution in [0.5, 0.6) is 0 Å². The van der Waals surface area contributed by atoms with Crippen molar-refractivity contribution in [1.29, 1.82) is 0 Å². The summed E-state index contributed by atoms with van der Waals surface area (Å²) in [5, 5.41) is 14.7. The zero-order chi connectivity index (χ0) is 17.9. The first-order valence-electron chi connectivity index (χ1n) is 8.28. The summed E-state index contributed by atoms with van der Waals surface area (Å²) in [7, 11) is 0. The second kappa shape index (κ2) is 6.81. The van der Waals surface area contributed by atoms with E-state index in [0.29, 0.717) is 35.8 Å². The molecule has 26 heavy (non-hydrogen) atoms. The van der Waals surface area contributed by atoms with Gasteiger partial charge in [0.1, 0.15) is 11.2 Å². The van der Waals surface area contributed by atoms with E-state index in [4.69, 9.17) is 5.73 Å². The molecular weight excluding hydrogens is 332 g/mol. The van der Waals surface area contributed by atoms with Gasteiger partial charge in [0.25, 0.3) is 5.56 Å². The fourth-order valence-electron chi connectivity index (χ4n) is 2.72. The van der Waals surface area contributed by atoms with Gasteiger partial charge in [0.15, 0.2) is 0 Å². The number of aromatic amines is 2. The van der Waals surface area contributed by atoms with Crippen molar-refractivity contribution in [2.24, 2.45) is 5.73 Å². The maximum atomic E-state index is 12.3. The van der Waals surface area contributed by atoms with Gasteiger partial charge in [-0.15, -0.1) is 0 Å². The van der Waals surface area contributed by atoms with Gasteiger partial charge < -0.3 is 21.4 Å². The summed E-state index contributed by atoms with van der Waals surface area (Å²) in [5.41, 5.74) is 7.58. The summed E-state index contributed by atoms with van der Waals surface area (Å²) in [6.07, 6.45) is 4.12. The van der Waals surface area contributed by atoms with E-state index < -0.39 is 0 Å². The lowest BCUT2D eigenvalue weighted by Gasteiger charge is -2.11. The van der Waals surface area contributed by atoms with Crippen LogP contribution in [-0.2, 0) is 0 Å². The number of hydrogen-bond acceptors (Lipinski definition) is 7. The molecule has 0 spiro atoms. The molecule has 9 nitrogen and oxygen atoms in total. The fraction of sp³-hybridized carbons (Fsp3) is 0.176. The molecule has 0 unspecified atom stereocenters. The molecule has 0 radical (unpaired) electrons. The highest BCUT2D eigenvalue weighted by Crippen LogP contribution is 2.24. The van der Waals surface area contributed by atoms with Crippen LogP contribution < -0.4 is 21.9 Å². The molecule has 0 saturated carbocycles. The first-order valence-corrected chi connectivity index (χ1v) is 8.28. The van der Waals surface area contributed by atoms with Gasteiger partial charge in [0, 0.05) is 23.8 Å². The van der Waals surface area contributed by atoms with Crippen LogP contribution in [0.3, 0.4) is 0 Å². The topological polar surface area (TPSA) is 137 Å². The molecule has 3 aromatic heterocycles. The number of nitrogens with zero attached hydrogens (tertiary/aromatic N) is 3. The lowest BCUT2D eigenvalue weighted by atomic mass is 10.2. The molecule has 0 saturated heterocycles. The Morgan fingerprint density at radius 1 is 1.19 bits per heavy atom. The number of benzene rings is 1. The molecule has 0 aliphatic heterocycles. The van der Waals surface area contributed by atoms with Crippen LogP contribution in [-0.4, -0.2) is 38.2 Å². The predicted molar refractivity (Wildman–Crippen MR) is 102 cm³/mol. The van der Waals surface area contributed by atoms with Gasteiger partial charge in [-0.2, -0.15) is 10.1 Å². The highest BCUT2D eigenvalue weighted by molar-refractivity contribution is 5.92. The highest BCUT2D eigenvalue weighted by atomic mass is 16.1. The molecule has 1 aromatic carbocycles. The van der Waals surface area contributed by atoms with E-state index >= 15 is 0 Å². The summed E-state index contributed by atoms with van der Waals surface area (Å²) < 4.78 is 0. The van der Waals surface area contributed by atoms with Crippen molar-refractivity contribution in [3.63, 3.8) is 0 Å². The molecule has 4 aromatic rings. The van der Waals surface area contributed by atoms with Crippen LogP contribution in [0.4, 0.5) is 17.5 Å². The molecule has 3 heterocycles. The maximum absolute atomic E-state index is 12.3. The molecule has 6 N–H and O–H groups in total. The van der Waals surface area contributed by atoms with Gasteiger partial charge in [0.2, 0.25) is 5.95 Å². The monoisotopic (exact) mass is 350 g/mol. The van der Waals surface area contributed by atoms with Gasteiger partial charge in [-0.3, -0.25) is 9.89 Å². The zero-order valence-electron chi connectivity index (χ0n) is 13.9. The molecule has 132 valence electrons. The molecule has 0 aliphatic carbocycles. The number of aromatic nitrogens is 5. The maximum Gasteiger partial charge on any atom is 0.261 e. The van der Waals surface area contributed by atoms with Crippen molar-refractivity contribution in [3.05, 3.63) is 47.0 Å². The Kier molecular flexibility index (Phi) is 4.20. The minimum atomic E-state index is -0.247. The average molecular weight is 350 g/mol. The number of H-pyrrole nitrogens is 2. The Bertz CT molecular complexity index is 1120.